The molecular weight excluding hydrogens is 226 g/mol. The Hall–Kier alpha value is -0.610. The van der Waals surface area contributed by atoms with Gasteiger partial charge in [-0.1, -0.05) is 13.8 Å². The van der Waals surface area contributed by atoms with Crippen molar-refractivity contribution in [1.82, 2.24) is 15.1 Å². The second kappa shape index (κ2) is 6.02. The zero-order valence-electron chi connectivity index (χ0n) is 12.0. The summed E-state index contributed by atoms with van der Waals surface area (Å²) in [5.41, 5.74) is 0. The zero-order valence-corrected chi connectivity index (χ0v) is 12.0. The van der Waals surface area contributed by atoms with Crippen LogP contribution in [-0.4, -0.2) is 61.0 Å². The minimum absolute atomic E-state index is 0.0459. The van der Waals surface area contributed by atoms with Crippen molar-refractivity contribution in [3.8, 4) is 0 Å². The Morgan fingerprint density at radius 2 is 1.72 bits per heavy atom. The van der Waals surface area contributed by atoms with E-state index in [0.717, 1.165) is 39.3 Å². The average molecular weight is 253 g/mol. The molecule has 4 heteroatoms. The molecule has 2 fully saturated rings. The van der Waals surface area contributed by atoms with E-state index in [1.165, 1.54) is 6.42 Å². The van der Waals surface area contributed by atoms with Crippen LogP contribution in [0.5, 0.6) is 0 Å². The summed E-state index contributed by atoms with van der Waals surface area (Å²) in [4.78, 5) is 16.9. The molecule has 2 aliphatic heterocycles. The van der Waals surface area contributed by atoms with E-state index in [4.69, 9.17) is 0 Å². The number of rotatable bonds is 2. The van der Waals surface area contributed by atoms with Crippen molar-refractivity contribution in [2.75, 3.05) is 39.3 Å². The molecule has 1 amide bonds. The fourth-order valence-corrected chi connectivity index (χ4v) is 3.33. The number of hydrogen-bond donors (Lipinski definition) is 1. The number of hydrogen-bond acceptors (Lipinski definition) is 3. The standard InChI is InChI=1S/C14H27N3O/c1-11-8-12(2)10-17(9-11)14(18)13(3)16-6-4-15-5-7-16/h11-13,15H,4-10H2,1-3H3. The lowest BCUT2D eigenvalue weighted by atomic mass is 9.91. The maximum atomic E-state index is 12.6. The van der Waals surface area contributed by atoms with Gasteiger partial charge in [0.05, 0.1) is 6.04 Å². The number of nitrogens with zero attached hydrogens (tertiary/aromatic N) is 2. The van der Waals surface area contributed by atoms with E-state index in [1.807, 2.05) is 0 Å². The van der Waals surface area contributed by atoms with E-state index in [2.05, 4.69) is 35.9 Å². The van der Waals surface area contributed by atoms with Crippen LogP contribution >= 0.6 is 0 Å². The van der Waals surface area contributed by atoms with Gasteiger partial charge in [0.25, 0.3) is 0 Å². The lowest BCUT2D eigenvalue weighted by Crippen LogP contribution is -2.55. The van der Waals surface area contributed by atoms with Gasteiger partial charge in [-0.05, 0) is 25.2 Å². The van der Waals surface area contributed by atoms with E-state index in [0.29, 0.717) is 17.7 Å². The van der Waals surface area contributed by atoms with Crippen LogP contribution < -0.4 is 5.32 Å². The average Bonchev–Trinajstić information content (AvgIpc) is 2.37. The number of piperidine rings is 1. The summed E-state index contributed by atoms with van der Waals surface area (Å²) < 4.78 is 0. The summed E-state index contributed by atoms with van der Waals surface area (Å²) in [7, 11) is 0. The lowest BCUT2D eigenvalue weighted by molar-refractivity contribution is -0.139. The van der Waals surface area contributed by atoms with Crippen molar-refractivity contribution in [2.24, 2.45) is 11.8 Å². The summed E-state index contributed by atoms with van der Waals surface area (Å²) in [5.74, 6) is 1.62. The third-order valence-corrected chi connectivity index (χ3v) is 4.24. The van der Waals surface area contributed by atoms with Gasteiger partial charge >= 0.3 is 0 Å². The number of carbonyl (C=O) groups is 1. The van der Waals surface area contributed by atoms with E-state index < -0.39 is 0 Å². The minimum atomic E-state index is 0.0459. The summed E-state index contributed by atoms with van der Waals surface area (Å²) in [6, 6.07) is 0.0459. The molecule has 1 N–H and O–H groups in total. The van der Waals surface area contributed by atoms with Crippen molar-refractivity contribution >= 4 is 5.91 Å². The first-order valence-corrected chi connectivity index (χ1v) is 7.31. The molecule has 0 saturated carbocycles. The molecule has 0 aromatic heterocycles. The van der Waals surface area contributed by atoms with Gasteiger partial charge in [-0.3, -0.25) is 9.69 Å². The quantitative estimate of drug-likeness (QED) is 0.790. The fraction of sp³-hybridized carbons (Fsp3) is 0.929. The van der Waals surface area contributed by atoms with Crippen LogP contribution in [0.25, 0.3) is 0 Å². The first-order valence-electron chi connectivity index (χ1n) is 7.31. The molecule has 104 valence electrons. The van der Waals surface area contributed by atoms with Gasteiger partial charge in [-0.2, -0.15) is 0 Å². The third-order valence-electron chi connectivity index (χ3n) is 4.24. The number of likely N-dealkylation sites (tertiary alicyclic amines) is 1. The molecule has 2 aliphatic rings. The minimum Gasteiger partial charge on any atom is -0.341 e. The second-order valence-electron chi connectivity index (χ2n) is 6.15. The maximum Gasteiger partial charge on any atom is 0.239 e. The molecule has 3 unspecified atom stereocenters. The molecule has 2 heterocycles. The Morgan fingerprint density at radius 3 is 2.28 bits per heavy atom. The van der Waals surface area contributed by atoms with Gasteiger partial charge in [-0.25, -0.2) is 0 Å². The van der Waals surface area contributed by atoms with Gasteiger partial charge in [-0.15, -0.1) is 0 Å². The highest BCUT2D eigenvalue weighted by Gasteiger charge is 2.31. The predicted molar refractivity (Wildman–Crippen MR) is 73.4 cm³/mol. The van der Waals surface area contributed by atoms with Crippen LogP contribution in [0.3, 0.4) is 0 Å². The third kappa shape index (κ3) is 3.23. The van der Waals surface area contributed by atoms with Crippen LogP contribution in [0.1, 0.15) is 27.2 Å². The van der Waals surface area contributed by atoms with Crippen molar-refractivity contribution in [1.29, 1.82) is 0 Å². The van der Waals surface area contributed by atoms with E-state index in [-0.39, 0.29) is 6.04 Å². The SMILES string of the molecule is CC1CC(C)CN(C(=O)C(C)N2CCNCC2)C1. The molecule has 2 saturated heterocycles. The first-order chi connectivity index (χ1) is 8.58. The number of amides is 1. The highest BCUT2D eigenvalue weighted by molar-refractivity contribution is 5.81. The summed E-state index contributed by atoms with van der Waals surface area (Å²) in [5, 5.41) is 3.34. The Kier molecular flexibility index (Phi) is 4.62. The van der Waals surface area contributed by atoms with Crippen molar-refractivity contribution in [3.05, 3.63) is 0 Å². The summed E-state index contributed by atoms with van der Waals surface area (Å²) in [6.07, 6.45) is 1.26. The number of carbonyl (C=O) groups excluding carboxylic acids is 1. The van der Waals surface area contributed by atoms with Gasteiger partial charge in [0, 0.05) is 39.3 Å². The molecule has 0 aromatic carbocycles. The summed E-state index contributed by atoms with van der Waals surface area (Å²) in [6.45, 7) is 12.5. The first kappa shape index (κ1) is 13.8. The summed E-state index contributed by atoms with van der Waals surface area (Å²) >= 11 is 0. The molecule has 0 radical (unpaired) electrons. The monoisotopic (exact) mass is 253 g/mol. The highest BCUT2D eigenvalue weighted by Crippen LogP contribution is 2.22. The number of nitrogens with one attached hydrogen (secondary N) is 1. The molecule has 2 rings (SSSR count). The van der Waals surface area contributed by atoms with Crippen LogP contribution in [-0.2, 0) is 4.79 Å². The van der Waals surface area contributed by atoms with Crippen molar-refractivity contribution < 1.29 is 4.79 Å². The van der Waals surface area contributed by atoms with Crippen LogP contribution in [0.15, 0.2) is 0 Å². The molecule has 0 aliphatic carbocycles. The van der Waals surface area contributed by atoms with Crippen LogP contribution in [0.4, 0.5) is 0 Å². The van der Waals surface area contributed by atoms with Crippen LogP contribution in [0.2, 0.25) is 0 Å². The van der Waals surface area contributed by atoms with Gasteiger partial charge in [0.2, 0.25) is 5.91 Å². The van der Waals surface area contributed by atoms with Gasteiger partial charge in [0.15, 0.2) is 0 Å². The maximum absolute atomic E-state index is 12.6. The van der Waals surface area contributed by atoms with Crippen molar-refractivity contribution in [2.45, 2.75) is 33.2 Å². The van der Waals surface area contributed by atoms with Crippen molar-refractivity contribution in [3.63, 3.8) is 0 Å². The Balaban J connectivity index is 1.92. The topological polar surface area (TPSA) is 35.6 Å². The second-order valence-corrected chi connectivity index (χ2v) is 6.15. The van der Waals surface area contributed by atoms with Crippen LogP contribution in [0, 0.1) is 11.8 Å². The molecule has 3 atom stereocenters. The highest BCUT2D eigenvalue weighted by atomic mass is 16.2. The van der Waals surface area contributed by atoms with E-state index in [1.54, 1.807) is 0 Å². The normalized spacial score (nSPS) is 32.3. The Morgan fingerprint density at radius 1 is 1.17 bits per heavy atom. The molecule has 0 bridgehead atoms. The number of piperazine rings is 1. The Bertz CT molecular complexity index is 279. The molecule has 18 heavy (non-hydrogen) atoms. The lowest BCUT2D eigenvalue weighted by Gasteiger charge is -2.39. The molecule has 0 spiro atoms. The molecule has 0 aromatic rings. The molecular formula is C14H27N3O. The predicted octanol–water partition coefficient (Wildman–Crippen LogP) is 0.785. The fourth-order valence-electron chi connectivity index (χ4n) is 3.33. The Labute approximate surface area is 111 Å². The van der Waals surface area contributed by atoms with Gasteiger partial charge in [0.1, 0.15) is 0 Å². The molecule has 4 nitrogen and oxygen atoms in total. The zero-order chi connectivity index (χ0) is 13.1. The smallest absolute Gasteiger partial charge is 0.239 e. The van der Waals surface area contributed by atoms with E-state index >= 15 is 0 Å². The largest absolute Gasteiger partial charge is 0.341 e. The van der Waals surface area contributed by atoms with Gasteiger partial charge < -0.3 is 10.2 Å². The van der Waals surface area contributed by atoms with E-state index in [9.17, 15) is 4.79 Å².